The third kappa shape index (κ3) is 3.85. The minimum Gasteiger partial charge on any atom is -0.485 e. The van der Waals surface area contributed by atoms with Gasteiger partial charge in [-0.1, -0.05) is 43.3 Å². The Balaban J connectivity index is 1.88. The molecule has 3 aromatic carbocycles. The summed E-state index contributed by atoms with van der Waals surface area (Å²) in [5, 5.41) is 1.82. The van der Waals surface area contributed by atoms with Gasteiger partial charge in [-0.15, -0.1) is 0 Å². The normalized spacial score (nSPS) is 11.4. The van der Waals surface area contributed by atoms with Gasteiger partial charge in [0.05, 0.1) is 5.56 Å². The Morgan fingerprint density at radius 3 is 2.50 bits per heavy atom. The van der Waals surface area contributed by atoms with E-state index in [-0.39, 0.29) is 11.3 Å². The summed E-state index contributed by atoms with van der Waals surface area (Å²) < 4.78 is 25.3. The van der Waals surface area contributed by atoms with Crippen molar-refractivity contribution < 1.29 is 18.7 Å². The van der Waals surface area contributed by atoms with Crippen molar-refractivity contribution in [2.45, 2.75) is 32.8 Å². The van der Waals surface area contributed by atoms with Crippen molar-refractivity contribution >= 4 is 16.7 Å². The first-order valence-corrected chi connectivity index (χ1v) is 8.58. The molecule has 0 radical (unpaired) electrons. The largest absolute Gasteiger partial charge is 0.485 e. The number of hydrogen-bond acceptors (Lipinski definition) is 3. The monoisotopic (exact) mass is 352 g/mol. The SMILES string of the molecule is CCC(C)(C)Oc1cc(C(=O)Oc2cccc3ccccc23)ccc1F. The lowest BCUT2D eigenvalue weighted by molar-refractivity contribution is 0.0732. The molecule has 0 saturated heterocycles. The number of benzene rings is 3. The van der Waals surface area contributed by atoms with Crippen LogP contribution in [0.2, 0.25) is 0 Å². The zero-order valence-corrected chi connectivity index (χ0v) is 15.1. The number of fused-ring (bicyclic) bond motifs is 1. The number of rotatable bonds is 5. The first-order valence-electron chi connectivity index (χ1n) is 8.58. The topological polar surface area (TPSA) is 35.5 Å². The fourth-order valence-electron chi connectivity index (χ4n) is 2.52. The van der Waals surface area contributed by atoms with Crippen molar-refractivity contribution in [3.05, 3.63) is 72.0 Å². The summed E-state index contributed by atoms with van der Waals surface area (Å²) in [6, 6.07) is 17.2. The van der Waals surface area contributed by atoms with Gasteiger partial charge in [0.25, 0.3) is 0 Å². The highest BCUT2D eigenvalue weighted by Crippen LogP contribution is 2.28. The van der Waals surface area contributed by atoms with E-state index in [0.29, 0.717) is 12.2 Å². The summed E-state index contributed by atoms with van der Waals surface area (Å²) in [4.78, 5) is 12.6. The third-order valence-corrected chi connectivity index (χ3v) is 4.36. The van der Waals surface area contributed by atoms with Crippen LogP contribution in [0.25, 0.3) is 10.8 Å². The van der Waals surface area contributed by atoms with E-state index in [9.17, 15) is 9.18 Å². The number of carbonyl (C=O) groups excluding carboxylic acids is 1. The van der Waals surface area contributed by atoms with Gasteiger partial charge < -0.3 is 9.47 Å². The molecule has 0 aliphatic heterocycles. The van der Waals surface area contributed by atoms with Crippen LogP contribution in [0.3, 0.4) is 0 Å². The highest BCUT2D eigenvalue weighted by atomic mass is 19.1. The van der Waals surface area contributed by atoms with Gasteiger partial charge in [-0.05, 0) is 49.9 Å². The van der Waals surface area contributed by atoms with E-state index in [0.717, 1.165) is 10.8 Å². The molecule has 3 rings (SSSR count). The third-order valence-electron chi connectivity index (χ3n) is 4.36. The Kier molecular flexibility index (Phi) is 4.94. The average Bonchev–Trinajstić information content (AvgIpc) is 2.63. The van der Waals surface area contributed by atoms with Gasteiger partial charge in [0, 0.05) is 5.39 Å². The Morgan fingerprint density at radius 1 is 1.00 bits per heavy atom. The number of esters is 1. The van der Waals surface area contributed by atoms with Gasteiger partial charge >= 0.3 is 5.97 Å². The van der Waals surface area contributed by atoms with E-state index in [1.807, 2.05) is 57.2 Å². The zero-order chi connectivity index (χ0) is 18.7. The van der Waals surface area contributed by atoms with E-state index < -0.39 is 17.4 Å². The van der Waals surface area contributed by atoms with E-state index in [1.54, 1.807) is 6.07 Å². The summed E-state index contributed by atoms with van der Waals surface area (Å²) in [5.41, 5.74) is -0.292. The summed E-state index contributed by atoms with van der Waals surface area (Å²) in [6.45, 7) is 5.69. The molecule has 0 aromatic heterocycles. The van der Waals surface area contributed by atoms with Crippen molar-refractivity contribution in [1.82, 2.24) is 0 Å². The first kappa shape index (κ1) is 17.9. The molecule has 3 aromatic rings. The summed E-state index contributed by atoms with van der Waals surface area (Å²) in [7, 11) is 0. The van der Waals surface area contributed by atoms with Crippen molar-refractivity contribution in [3.8, 4) is 11.5 Å². The van der Waals surface area contributed by atoms with Crippen LogP contribution in [0, 0.1) is 5.82 Å². The maximum Gasteiger partial charge on any atom is 0.343 e. The van der Waals surface area contributed by atoms with Gasteiger partial charge in [0.1, 0.15) is 11.4 Å². The van der Waals surface area contributed by atoms with Gasteiger partial charge in [0.15, 0.2) is 11.6 Å². The highest BCUT2D eigenvalue weighted by molar-refractivity contribution is 5.95. The van der Waals surface area contributed by atoms with Gasteiger partial charge in [-0.25, -0.2) is 9.18 Å². The number of hydrogen-bond donors (Lipinski definition) is 0. The Bertz CT molecular complexity index is 942. The Morgan fingerprint density at radius 2 is 1.73 bits per heavy atom. The quantitative estimate of drug-likeness (QED) is 0.432. The summed E-state index contributed by atoms with van der Waals surface area (Å²) in [6.07, 6.45) is 0.705. The predicted octanol–water partition coefficient (Wildman–Crippen LogP) is 5.77. The van der Waals surface area contributed by atoms with E-state index >= 15 is 0 Å². The van der Waals surface area contributed by atoms with Crippen LogP contribution in [0.1, 0.15) is 37.6 Å². The Labute approximate surface area is 152 Å². The first-order chi connectivity index (χ1) is 12.4. The standard InChI is InChI=1S/C22H21FO3/c1-4-22(2,3)26-20-14-16(12-13-18(20)23)21(24)25-19-11-7-9-15-8-5-6-10-17(15)19/h5-14H,4H2,1-3H3. The van der Waals surface area contributed by atoms with Gasteiger partial charge in [0.2, 0.25) is 0 Å². The molecule has 3 nitrogen and oxygen atoms in total. The molecular formula is C22H21FO3. The van der Waals surface area contributed by atoms with Crippen LogP contribution in [-0.2, 0) is 0 Å². The number of carbonyl (C=O) groups is 1. The van der Waals surface area contributed by atoms with Crippen molar-refractivity contribution in [2.24, 2.45) is 0 Å². The van der Waals surface area contributed by atoms with Crippen LogP contribution >= 0.6 is 0 Å². The molecule has 134 valence electrons. The predicted molar refractivity (Wildman–Crippen MR) is 100 cm³/mol. The zero-order valence-electron chi connectivity index (χ0n) is 15.1. The minimum atomic E-state index is -0.555. The maximum absolute atomic E-state index is 14.1. The molecule has 26 heavy (non-hydrogen) atoms. The van der Waals surface area contributed by atoms with Crippen LogP contribution < -0.4 is 9.47 Å². The molecular weight excluding hydrogens is 331 g/mol. The molecule has 0 fully saturated rings. The molecule has 0 unspecified atom stereocenters. The second kappa shape index (κ2) is 7.16. The second-order valence-corrected chi connectivity index (χ2v) is 6.73. The van der Waals surface area contributed by atoms with Crippen LogP contribution in [0.5, 0.6) is 11.5 Å². The maximum atomic E-state index is 14.1. The van der Waals surface area contributed by atoms with Crippen molar-refractivity contribution in [1.29, 1.82) is 0 Å². The van der Waals surface area contributed by atoms with E-state index in [1.165, 1.54) is 18.2 Å². The van der Waals surface area contributed by atoms with E-state index in [2.05, 4.69) is 0 Å². The van der Waals surface area contributed by atoms with E-state index in [4.69, 9.17) is 9.47 Å². The van der Waals surface area contributed by atoms with Gasteiger partial charge in [-0.3, -0.25) is 0 Å². The lowest BCUT2D eigenvalue weighted by Crippen LogP contribution is -2.27. The lowest BCUT2D eigenvalue weighted by Gasteiger charge is -2.25. The Hall–Kier alpha value is -2.88. The minimum absolute atomic E-state index is 0.0456. The van der Waals surface area contributed by atoms with Crippen molar-refractivity contribution in [3.63, 3.8) is 0 Å². The lowest BCUT2D eigenvalue weighted by atomic mass is 10.1. The fourth-order valence-corrected chi connectivity index (χ4v) is 2.52. The number of ether oxygens (including phenoxy) is 2. The van der Waals surface area contributed by atoms with Crippen LogP contribution in [-0.4, -0.2) is 11.6 Å². The molecule has 0 aliphatic rings. The average molecular weight is 352 g/mol. The highest BCUT2D eigenvalue weighted by Gasteiger charge is 2.21. The molecule has 0 bridgehead atoms. The molecule has 0 amide bonds. The molecule has 4 heteroatoms. The number of halogens is 1. The van der Waals surface area contributed by atoms with Crippen LogP contribution in [0.15, 0.2) is 60.7 Å². The molecule has 0 N–H and O–H groups in total. The summed E-state index contributed by atoms with van der Waals surface area (Å²) >= 11 is 0. The molecule has 0 aliphatic carbocycles. The van der Waals surface area contributed by atoms with Crippen molar-refractivity contribution in [2.75, 3.05) is 0 Å². The van der Waals surface area contributed by atoms with Crippen LogP contribution in [0.4, 0.5) is 4.39 Å². The fraction of sp³-hybridized carbons (Fsp3) is 0.227. The van der Waals surface area contributed by atoms with Gasteiger partial charge in [-0.2, -0.15) is 0 Å². The summed E-state index contributed by atoms with van der Waals surface area (Å²) in [5.74, 6) is -0.549. The molecule has 0 saturated carbocycles. The smallest absolute Gasteiger partial charge is 0.343 e. The molecule has 0 spiro atoms. The molecule has 0 atom stereocenters. The molecule has 0 heterocycles. The second-order valence-electron chi connectivity index (χ2n) is 6.73.